The molecule has 0 bridgehead atoms. The quantitative estimate of drug-likeness (QED) is 0.535. The fourth-order valence-electron chi connectivity index (χ4n) is 1.85. The summed E-state index contributed by atoms with van der Waals surface area (Å²) in [5.41, 5.74) is 0.561. The van der Waals surface area contributed by atoms with Crippen LogP contribution in [0.25, 0.3) is 0 Å². The molecule has 86 valence electrons. The van der Waals surface area contributed by atoms with Crippen molar-refractivity contribution in [3.63, 3.8) is 0 Å². The van der Waals surface area contributed by atoms with E-state index in [0.29, 0.717) is 5.41 Å². The van der Waals surface area contributed by atoms with E-state index >= 15 is 0 Å². The highest BCUT2D eigenvalue weighted by molar-refractivity contribution is 4.69. The van der Waals surface area contributed by atoms with Gasteiger partial charge in [0.25, 0.3) is 0 Å². The zero-order chi connectivity index (χ0) is 11.0. The van der Waals surface area contributed by atoms with E-state index < -0.39 is 0 Å². The summed E-state index contributed by atoms with van der Waals surface area (Å²) in [6.45, 7) is 8.34. The molecule has 0 N–H and O–H groups in total. The molecule has 0 rings (SSSR count). The van der Waals surface area contributed by atoms with Crippen LogP contribution >= 0.6 is 0 Å². The van der Waals surface area contributed by atoms with Gasteiger partial charge in [-0.3, -0.25) is 0 Å². The van der Waals surface area contributed by atoms with Crippen molar-refractivity contribution in [1.82, 2.24) is 4.90 Å². The molecule has 0 saturated heterocycles. The Labute approximate surface area is 90.9 Å². The van der Waals surface area contributed by atoms with Crippen LogP contribution in [-0.4, -0.2) is 25.5 Å². The Bertz CT molecular complexity index is 127. The van der Waals surface area contributed by atoms with Crippen molar-refractivity contribution in [2.45, 2.75) is 59.3 Å². The lowest BCUT2D eigenvalue weighted by Gasteiger charge is -2.25. The number of rotatable bonds is 8. The second-order valence-electron chi connectivity index (χ2n) is 5.53. The molecule has 0 atom stereocenters. The number of hydrogen-bond acceptors (Lipinski definition) is 1. The third-order valence-corrected chi connectivity index (χ3v) is 2.92. The van der Waals surface area contributed by atoms with Crippen molar-refractivity contribution >= 4 is 0 Å². The minimum absolute atomic E-state index is 0.561. The third-order valence-electron chi connectivity index (χ3n) is 2.92. The van der Waals surface area contributed by atoms with E-state index in [9.17, 15) is 0 Å². The monoisotopic (exact) mass is 199 g/mol. The summed E-state index contributed by atoms with van der Waals surface area (Å²) in [5, 5.41) is 0. The molecular weight excluding hydrogens is 170 g/mol. The number of hydrogen-bond donors (Lipinski definition) is 0. The van der Waals surface area contributed by atoms with Crippen LogP contribution in [0, 0.1) is 5.41 Å². The smallest absolute Gasteiger partial charge is 0.00246 e. The van der Waals surface area contributed by atoms with Gasteiger partial charge in [0.05, 0.1) is 0 Å². The summed E-state index contributed by atoms with van der Waals surface area (Å²) >= 11 is 0. The molecular formula is C13H29N. The van der Waals surface area contributed by atoms with Crippen LogP contribution < -0.4 is 0 Å². The van der Waals surface area contributed by atoms with Gasteiger partial charge in [0, 0.05) is 0 Å². The SMILES string of the molecule is CCCCCC(C)(C)CCCN(C)C. The molecule has 0 unspecified atom stereocenters. The fourth-order valence-corrected chi connectivity index (χ4v) is 1.85. The van der Waals surface area contributed by atoms with Gasteiger partial charge in [0.15, 0.2) is 0 Å². The molecule has 1 heteroatoms. The molecule has 0 fully saturated rings. The van der Waals surface area contributed by atoms with E-state index in [-0.39, 0.29) is 0 Å². The fraction of sp³-hybridized carbons (Fsp3) is 1.00. The van der Waals surface area contributed by atoms with Gasteiger partial charge >= 0.3 is 0 Å². The molecule has 0 spiro atoms. The molecule has 0 aliphatic rings. The second-order valence-corrected chi connectivity index (χ2v) is 5.53. The average molecular weight is 199 g/mol. The summed E-state index contributed by atoms with van der Waals surface area (Å²) in [6, 6.07) is 0. The molecule has 0 aliphatic heterocycles. The van der Waals surface area contributed by atoms with Crippen LogP contribution in [-0.2, 0) is 0 Å². The Morgan fingerprint density at radius 3 is 2.00 bits per heavy atom. The molecule has 0 heterocycles. The summed E-state index contributed by atoms with van der Waals surface area (Å²) in [5.74, 6) is 0. The number of nitrogens with zero attached hydrogens (tertiary/aromatic N) is 1. The molecule has 0 aromatic rings. The molecule has 0 radical (unpaired) electrons. The third kappa shape index (κ3) is 8.55. The Morgan fingerprint density at radius 2 is 1.50 bits per heavy atom. The first kappa shape index (κ1) is 14.0. The first-order chi connectivity index (χ1) is 6.48. The molecule has 0 amide bonds. The van der Waals surface area contributed by atoms with Gasteiger partial charge in [-0.25, -0.2) is 0 Å². The van der Waals surface area contributed by atoms with Gasteiger partial charge < -0.3 is 4.90 Å². The van der Waals surface area contributed by atoms with E-state index in [1.54, 1.807) is 0 Å². The molecule has 0 aromatic heterocycles. The molecule has 0 saturated carbocycles. The van der Waals surface area contributed by atoms with Crippen molar-refractivity contribution in [2.75, 3.05) is 20.6 Å². The van der Waals surface area contributed by atoms with Crippen molar-refractivity contribution < 1.29 is 0 Å². The summed E-state index contributed by atoms with van der Waals surface area (Å²) < 4.78 is 0. The van der Waals surface area contributed by atoms with E-state index in [0.717, 1.165) is 0 Å². The van der Waals surface area contributed by atoms with Crippen LogP contribution in [0.3, 0.4) is 0 Å². The predicted molar refractivity (Wildman–Crippen MR) is 65.7 cm³/mol. The van der Waals surface area contributed by atoms with Crippen molar-refractivity contribution in [2.24, 2.45) is 5.41 Å². The molecule has 0 aromatic carbocycles. The maximum atomic E-state index is 2.42. The molecule has 1 nitrogen and oxygen atoms in total. The van der Waals surface area contributed by atoms with Crippen LogP contribution in [0.15, 0.2) is 0 Å². The second kappa shape index (κ2) is 7.28. The minimum Gasteiger partial charge on any atom is -0.309 e. The van der Waals surface area contributed by atoms with Crippen LogP contribution in [0.1, 0.15) is 59.3 Å². The lowest BCUT2D eigenvalue weighted by Crippen LogP contribution is -2.17. The normalized spacial score (nSPS) is 12.4. The molecule has 0 aliphatic carbocycles. The van der Waals surface area contributed by atoms with Crippen LogP contribution in [0.4, 0.5) is 0 Å². The Morgan fingerprint density at radius 1 is 0.929 bits per heavy atom. The first-order valence-corrected chi connectivity index (χ1v) is 6.12. The first-order valence-electron chi connectivity index (χ1n) is 6.12. The highest BCUT2D eigenvalue weighted by atomic mass is 15.0. The van der Waals surface area contributed by atoms with Gasteiger partial charge in [0.1, 0.15) is 0 Å². The van der Waals surface area contributed by atoms with Gasteiger partial charge in [-0.05, 0) is 45.3 Å². The molecule has 14 heavy (non-hydrogen) atoms. The van der Waals surface area contributed by atoms with Crippen molar-refractivity contribution in [3.05, 3.63) is 0 Å². The Hall–Kier alpha value is -0.0400. The van der Waals surface area contributed by atoms with E-state index in [2.05, 4.69) is 39.8 Å². The van der Waals surface area contributed by atoms with Crippen LogP contribution in [0.5, 0.6) is 0 Å². The predicted octanol–water partition coefficient (Wildman–Crippen LogP) is 3.93. The maximum absolute atomic E-state index is 2.42. The lowest BCUT2D eigenvalue weighted by atomic mass is 9.82. The van der Waals surface area contributed by atoms with Crippen molar-refractivity contribution in [1.29, 1.82) is 0 Å². The van der Waals surface area contributed by atoms with Gasteiger partial charge in [-0.1, -0.05) is 40.0 Å². The highest BCUT2D eigenvalue weighted by Gasteiger charge is 2.16. The summed E-state index contributed by atoms with van der Waals surface area (Å²) in [7, 11) is 4.31. The maximum Gasteiger partial charge on any atom is -0.00246 e. The van der Waals surface area contributed by atoms with E-state index in [4.69, 9.17) is 0 Å². The van der Waals surface area contributed by atoms with Crippen LogP contribution in [0.2, 0.25) is 0 Å². The van der Waals surface area contributed by atoms with Crippen molar-refractivity contribution in [3.8, 4) is 0 Å². The Kier molecular flexibility index (Phi) is 7.26. The van der Waals surface area contributed by atoms with Gasteiger partial charge in [-0.15, -0.1) is 0 Å². The van der Waals surface area contributed by atoms with Gasteiger partial charge in [0.2, 0.25) is 0 Å². The van der Waals surface area contributed by atoms with E-state index in [1.165, 1.54) is 45.1 Å². The largest absolute Gasteiger partial charge is 0.309 e. The van der Waals surface area contributed by atoms with Gasteiger partial charge in [-0.2, -0.15) is 0 Å². The number of unbranched alkanes of at least 4 members (excludes halogenated alkanes) is 2. The minimum atomic E-state index is 0.561. The topological polar surface area (TPSA) is 3.24 Å². The zero-order valence-corrected chi connectivity index (χ0v) is 10.9. The average Bonchev–Trinajstić information content (AvgIpc) is 2.03. The highest BCUT2D eigenvalue weighted by Crippen LogP contribution is 2.29. The standard InChI is InChI=1S/C13H29N/c1-6-7-8-10-13(2,3)11-9-12-14(4)5/h6-12H2,1-5H3. The van der Waals surface area contributed by atoms with E-state index in [1.807, 2.05) is 0 Å². The Balaban J connectivity index is 3.50. The lowest BCUT2D eigenvalue weighted by molar-refractivity contribution is 0.268. The zero-order valence-electron chi connectivity index (χ0n) is 10.9. The summed E-state index contributed by atoms with van der Waals surface area (Å²) in [4.78, 5) is 2.28. The summed E-state index contributed by atoms with van der Waals surface area (Å²) in [6.07, 6.45) is 8.26.